The topological polar surface area (TPSA) is 50.3 Å². The first kappa shape index (κ1) is 19.4. The summed E-state index contributed by atoms with van der Waals surface area (Å²) in [5.74, 6) is 0.579. The van der Waals surface area contributed by atoms with Gasteiger partial charge in [-0.2, -0.15) is 0 Å². The summed E-state index contributed by atoms with van der Waals surface area (Å²) in [6, 6.07) is 16.3. The Labute approximate surface area is 180 Å². The van der Waals surface area contributed by atoms with E-state index in [9.17, 15) is 9.59 Å². The molecule has 2 aliphatic carbocycles. The van der Waals surface area contributed by atoms with Crippen LogP contribution in [0.15, 0.2) is 48.5 Å². The van der Waals surface area contributed by atoms with Gasteiger partial charge in [0, 0.05) is 17.8 Å². The van der Waals surface area contributed by atoms with Crippen LogP contribution in [-0.4, -0.2) is 16.7 Å². The predicted octanol–water partition coefficient (Wildman–Crippen LogP) is 5.53. The van der Waals surface area contributed by atoms with Crippen molar-refractivity contribution in [3.8, 4) is 0 Å². The van der Waals surface area contributed by atoms with Crippen LogP contribution >= 0.6 is 11.3 Å². The molecule has 0 radical (unpaired) electrons. The van der Waals surface area contributed by atoms with Crippen LogP contribution in [0.25, 0.3) is 10.2 Å². The molecule has 0 N–H and O–H groups in total. The largest absolute Gasteiger partial charge is 0.299 e. The van der Waals surface area contributed by atoms with Crippen molar-refractivity contribution in [1.82, 2.24) is 4.98 Å². The lowest BCUT2D eigenvalue weighted by molar-refractivity contribution is -0.136. The lowest BCUT2D eigenvalue weighted by Gasteiger charge is -2.38. The van der Waals surface area contributed by atoms with E-state index in [1.54, 1.807) is 11.3 Å². The highest BCUT2D eigenvalue weighted by Gasteiger charge is 2.42. The number of hydrogen-bond acceptors (Lipinski definition) is 4. The van der Waals surface area contributed by atoms with E-state index in [1.807, 2.05) is 29.2 Å². The van der Waals surface area contributed by atoms with Crippen molar-refractivity contribution in [2.45, 2.75) is 45.6 Å². The predicted molar refractivity (Wildman–Crippen MR) is 121 cm³/mol. The number of aryl methyl sites for hydroxylation is 1. The van der Waals surface area contributed by atoms with Gasteiger partial charge in [-0.1, -0.05) is 60.2 Å². The van der Waals surface area contributed by atoms with Gasteiger partial charge >= 0.3 is 0 Å². The third-order valence-corrected chi connectivity index (χ3v) is 7.73. The Balaban J connectivity index is 1.49. The molecule has 2 saturated carbocycles. The molecule has 1 amide bonds. The second-order valence-corrected chi connectivity index (χ2v) is 9.73. The molecular formula is C25H26N2O2S. The number of carbonyl (C=O) groups is 2. The lowest BCUT2D eigenvalue weighted by Crippen LogP contribution is -2.44. The van der Waals surface area contributed by atoms with Crippen molar-refractivity contribution in [2.75, 3.05) is 4.90 Å². The SMILES string of the molecule is Cc1cccc2sc(N(Cc3ccccc3)C(=O)C3CC4CCCC(C3)C4=O)nc12. The maximum absolute atomic E-state index is 13.8. The van der Waals surface area contributed by atoms with Gasteiger partial charge in [0.1, 0.15) is 5.78 Å². The fraction of sp³-hybridized carbons (Fsp3) is 0.400. The number of benzene rings is 2. The van der Waals surface area contributed by atoms with Crippen LogP contribution in [0.4, 0.5) is 5.13 Å². The van der Waals surface area contributed by atoms with E-state index < -0.39 is 0 Å². The number of ketones is 1. The third-order valence-electron chi connectivity index (χ3n) is 6.69. The van der Waals surface area contributed by atoms with E-state index in [-0.39, 0.29) is 23.7 Å². The average molecular weight is 419 g/mol. The number of amides is 1. The Hall–Kier alpha value is -2.53. The summed E-state index contributed by atoms with van der Waals surface area (Å²) in [6.07, 6.45) is 4.40. The van der Waals surface area contributed by atoms with Gasteiger partial charge < -0.3 is 0 Å². The molecule has 1 heterocycles. The molecule has 2 atom stereocenters. The molecule has 30 heavy (non-hydrogen) atoms. The number of rotatable bonds is 4. The number of carbonyl (C=O) groups excluding carboxylic acids is 2. The molecule has 0 saturated heterocycles. The first-order valence-electron chi connectivity index (χ1n) is 10.9. The summed E-state index contributed by atoms with van der Waals surface area (Å²) < 4.78 is 1.10. The molecule has 2 bridgehead atoms. The summed E-state index contributed by atoms with van der Waals surface area (Å²) >= 11 is 1.58. The molecule has 5 rings (SSSR count). The fourth-order valence-corrected chi connectivity index (χ4v) is 6.15. The van der Waals surface area contributed by atoms with Gasteiger partial charge in [0.25, 0.3) is 0 Å². The zero-order chi connectivity index (χ0) is 20.7. The maximum atomic E-state index is 13.8. The monoisotopic (exact) mass is 418 g/mol. The van der Waals surface area contributed by atoms with Gasteiger partial charge in [-0.05, 0) is 49.8 Å². The van der Waals surface area contributed by atoms with E-state index in [2.05, 4.69) is 31.2 Å². The van der Waals surface area contributed by atoms with Gasteiger partial charge in [0.2, 0.25) is 5.91 Å². The van der Waals surface area contributed by atoms with Crippen LogP contribution in [-0.2, 0) is 16.1 Å². The highest BCUT2D eigenvalue weighted by molar-refractivity contribution is 7.22. The van der Waals surface area contributed by atoms with Gasteiger partial charge in [-0.15, -0.1) is 0 Å². The third kappa shape index (κ3) is 3.56. The summed E-state index contributed by atoms with van der Waals surface area (Å²) in [5, 5.41) is 0.759. The van der Waals surface area contributed by atoms with Crippen molar-refractivity contribution in [3.63, 3.8) is 0 Å². The molecule has 2 aliphatic rings. The van der Waals surface area contributed by atoms with E-state index in [4.69, 9.17) is 4.98 Å². The van der Waals surface area contributed by atoms with Crippen LogP contribution in [0.5, 0.6) is 0 Å². The number of para-hydroxylation sites is 1. The highest BCUT2D eigenvalue weighted by Crippen LogP contribution is 2.42. The highest BCUT2D eigenvalue weighted by atomic mass is 32.1. The smallest absolute Gasteiger partial charge is 0.232 e. The van der Waals surface area contributed by atoms with E-state index >= 15 is 0 Å². The first-order chi connectivity index (χ1) is 14.6. The number of anilines is 1. The van der Waals surface area contributed by atoms with Crippen LogP contribution in [0.3, 0.4) is 0 Å². The molecule has 0 spiro atoms. The second-order valence-electron chi connectivity index (χ2n) is 8.72. The van der Waals surface area contributed by atoms with Crippen LogP contribution in [0, 0.1) is 24.7 Å². The fourth-order valence-electron chi connectivity index (χ4n) is 5.10. The number of nitrogens with zero attached hydrogens (tertiary/aromatic N) is 2. The van der Waals surface area contributed by atoms with Crippen molar-refractivity contribution >= 4 is 38.4 Å². The Kier molecular flexibility index (Phi) is 5.15. The molecular weight excluding hydrogens is 392 g/mol. The normalized spacial score (nSPS) is 23.5. The van der Waals surface area contributed by atoms with Crippen molar-refractivity contribution in [1.29, 1.82) is 0 Å². The van der Waals surface area contributed by atoms with Crippen LogP contribution in [0.2, 0.25) is 0 Å². The van der Waals surface area contributed by atoms with Crippen molar-refractivity contribution < 1.29 is 9.59 Å². The summed E-state index contributed by atoms with van der Waals surface area (Å²) in [4.78, 5) is 33.0. The Morgan fingerprint density at radius 3 is 2.50 bits per heavy atom. The number of Topliss-reactive ketones (excluding diaryl/α,β-unsaturated/α-hetero) is 1. The average Bonchev–Trinajstić information content (AvgIpc) is 3.17. The minimum atomic E-state index is -0.0881. The minimum absolute atomic E-state index is 0.0719. The van der Waals surface area contributed by atoms with Gasteiger partial charge in [0.05, 0.1) is 16.8 Å². The number of thiazole rings is 1. The van der Waals surface area contributed by atoms with E-state index in [0.717, 1.165) is 45.7 Å². The van der Waals surface area contributed by atoms with Crippen LogP contribution in [0.1, 0.15) is 43.2 Å². The number of hydrogen-bond donors (Lipinski definition) is 0. The number of fused-ring (bicyclic) bond motifs is 3. The number of aromatic nitrogens is 1. The molecule has 5 heteroatoms. The van der Waals surface area contributed by atoms with Crippen molar-refractivity contribution in [2.24, 2.45) is 17.8 Å². The van der Waals surface area contributed by atoms with Crippen LogP contribution < -0.4 is 4.90 Å². The molecule has 2 fully saturated rings. The molecule has 154 valence electrons. The zero-order valence-corrected chi connectivity index (χ0v) is 18.0. The molecule has 1 aromatic heterocycles. The lowest BCUT2D eigenvalue weighted by atomic mass is 9.67. The van der Waals surface area contributed by atoms with Crippen molar-refractivity contribution in [3.05, 3.63) is 59.7 Å². The minimum Gasteiger partial charge on any atom is -0.299 e. The Morgan fingerprint density at radius 1 is 1.07 bits per heavy atom. The Morgan fingerprint density at radius 2 is 1.80 bits per heavy atom. The van der Waals surface area contributed by atoms with Gasteiger partial charge in [-0.3, -0.25) is 14.5 Å². The second kappa shape index (κ2) is 7.95. The standard InChI is InChI=1S/C25H26N2O2S/c1-16-7-5-12-21-22(16)26-25(30-21)27(15-17-8-3-2-4-9-17)24(29)20-13-18-10-6-11-19(14-20)23(18)28/h2-5,7-9,12,18-20H,6,10-11,13-15H2,1H3. The van der Waals surface area contributed by atoms with E-state index in [1.165, 1.54) is 0 Å². The molecule has 0 aliphatic heterocycles. The molecule has 2 unspecified atom stereocenters. The van der Waals surface area contributed by atoms with Gasteiger partial charge in [0.15, 0.2) is 5.13 Å². The summed E-state index contributed by atoms with van der Waals surface area (Å²) in [7, 11) is 0. The quantitative estimate of drug-likeness (QED) is 0.559. The van der Waals surface area contributed by atoms with Gasteiger partial charge in [-0.25, -0.2) is 4.98 Å². The first-order valence-corrected chi connectivity index (χ1v) is 11.7. The molecule has 2 aromatic carbocycles. The summed E-state index contributed by atoms with van der Waals surface area (Å²) in [6.45, 7) is 2.57. The summed E-state index contributed by atoms with van der Waals surface area (Å²) in [5.41, 5.74) is 3.19. The Bertz CT molecular complexity index is 1070. The maximum Gasteiger partial charge on any atom is 0.232 e. The van der Waals surface area contributed by atoms with E-state index in [0.29, 0.717) is 25.2 Å². The zero-order valence-electron chi connectivity index (χ0n) is 17.2. The molecule has 3 aromatic rings. The molecule has 4 nitrogen and oxygen atoms in total.